The summed E-state index contributed by atoms with van der Waals surface area (Å²) in [4.78, 5) is 27.9. The lowest BCUT2D eigenvalue weighted by Crippen LogP contribution is -2.82. The number of fused-ring (bicyclic) bond motifs is 2. The number of carbonyl (C=O) groups is 2. The third-order valence-electron chi connectivity index (χ3n) is 13.3. The van der Waals surface area contributed by atoms with E-state index in [0.29, 0.717) is 31.6 Å². The Morgan fingerprint density at radius 3 is 2.47 bits per heavy atom. The van der Waals surface area contributed by atoms with E-state index in [1.54, 1.807) is 52.7 Å². The van der Waals surface area contributed by atoms with Gasteiger partial charge in [0, 0.05) is 76.9 Å². The van der Waals surface area contributed by atoms with Crippen LogP contribution in [0.25, 0.3) is 0 Å². The first kappa shape index (κ1) is 31.5. The number of ether oxygens (including phenoxy) is 5. The number of likely N-dealkylation sites (tertiary alicyclic amines) is 1. The summed E-state index contributed by atoms with van der Waals surface area (Å²) in [6.45, 7) is 4.81. The Morgan fingerprint density at radius 1 is 1.07 bits per heavy atom. The minimum atomic E-state index is -1.66. The van der Waals surface area contributed by atoms with E-state index in [2.05, 4.69) is 17.1 Å². The molecule has 11 heteroatoms. The Labute approximate surface area is 264 Å². The molecule has 13 atom stereocenters. The fourth-order valence-electron chi connectivity index (χ4n) is 12.2. The molecule has 1 saturated heterocycles. The zero-order valence-electron chi connectivity index (χ0n) is 27.2. The number of para-hydroxylation sites is 1. The number of methoxy groups -OCH3 is 4. The van der Waals surface area contributed by atoms with E-state index in [9.17, 15) is 19.8 Å². The van der Waals surface area contributed by atoms with Gasteiger partial charge in [-0.15, -0.1) is 0 Å². The summed E-state index contributed by atoms with van der Waals surface area (Å²) in [5, 5.41) is 29.2. The fraction of sp³-hybridized carbons (Fsp3) is 0.765. The van der Waals surface area contributed by atoms with Crippen LogP contribution in [0, 0.1) is 34.5 Å². The SMILES string of the molecule is CCN1C[C@]2(COC(=O)c3ccccc3NC(C)=O)CC[C@H](OC)[C@]34C1[C@](O)([C@@H](OC)[C@H]23)[C@@]1(O)C[C@H](OC)[C@H]2C[C@@H]4[C@@H]1[C@H]2OC. The summed E-state index contributed by atoms with van der Waals surface area (Å²) in [5.74, 6) is -1.36. The smallest absolute Gasteiger partial charge is 0.340 e. The maximum Gasteiger partial charge on any atom is 0.340 e. The molecule has 3 N–H and O–H groups in total. The van der Waals surface area contributed by atoms with Gasteiger partial charge in [0.25, 0.3) is 0 Å². The summed E-state index contributed by atoms with van der Waals surface area (Å²) >= 11 is 0. The molecule has 1 amide bonds. The number of amides is 1. The van der Waals surface area contributed by atoms with E-state index in [4.69, 9.17) is 23.7 Å². The monoisotopic (exact) mass is 628 g/mol. The van der Waals surface area contributed by atoms with Crippen molar-refractivity contribution in [2.24, 2.45) is 34.5 Å². The first-order chi connectivity index (χ1) is 21.5. The van der Waals surface area contributed by atoms with Crippen LogP contribution in [0.3, 0.4) is 0 Å². The number of anilines is 1. The van der Waals surface area contributed by atoms with Crippen molar-refractivity contribution in [1.82, 2.24) is 4.90 Å². The van der Waals surface area contributed by atoms with Crippen molar-refractivity contribution in [3.05, 3.63) is 29.8 Å². The minimum Gasteiger partial charge on any atom is -0.461 e. The molecule has 1 aliphatic heterocycles. The van der Waals surface area contributed by atoms with Crippen molar-refractivity contribution >= 4 is 17.6 Å². The Morgan fingerprint density at radius 2 is 1.82 bits per heavy atom. The molecule has 1 heterocycles. The molecule has 7 rings (SSSR count). The van der Waals surface area contributed by atoms with Crippen molar-refractivity contribution in [3.8, 4) is 0 Å². The van der Waals surface area contributed by atoms with Gasteiger partial charge in [0.1, 0.15) is 11.2 Å². The van der Waals surface area contributed by atoms with Crippen molar-refractivity contribution < 1.29 is 43.5 Å². The summed E-state index contributed by atoms with van der Waals surface area (Å²) in [7, 11) is 6.75. The summed E-state index contributed by atoms with van der Waals surface area (Å²) < 4.78 is 31.2. The predicted molar refractivity (Wildman–Crippen MR) is 162 cm³/mol. The number of nitrogens with one attached hydrogen (secondary N) is 1. The van der Waals surface area contributed by atoms with E-state index < -0.39 is 40.1 Å². The lowest BCUT2D eigenvalue weighted by Gasteiger charge is -2.70. The highest BCUT2D eigenvalue weighted by molar-refractivity contribution is 6.00. The maximum atomic E-state index is 13.7. The van der Waals surface area contributed by atoms with Crippen LogP contribution in [0.5, 0.6) is 0 Å². The molecule has 11 nitrogen and oxygen atoms in total. The average molecular weight is 629 g/mol. The zero-order valence-corrected chi connectivity index (χ0v) is 27.2. The Balaban J connectivity index is 1.37. The van der Waals surface area contributed by atoms with Crippen LogP contribution in [0.4, 0.5) is 5.69 Å². The molecule has 6 fully saturated rings. The van der Waals surface area contributed by atoms with Gasteiger partial charge in [-0.1, -0.05) is 19.1 Å². The van der Waals surface area contributed by atoms with Crippen LogP contribution >= 0.6 is 0 Å². The highest BCUT2D eigenvalue weighted by Gasteiger charge is 2.91. The van der Waals surface area contributed by atoms with Crippen molar-refractivity contribution in [2.75, 3.05) is 53.5 Å². The molecule has 5 saturated carbocycles. The van der Waals surface area contributed by atoms with Gasteiger partial charge in [0.05, 0.1) is 48.3 Å². The Hall–Kier alpha value is -2.12. The fourth-order valence-corrected chi connectivity index (χ4v) is 12.2. The number of carbonyl (C=O) groups excluding carboxylic acids is 2. The Bertz CT molecular complexity index is 1360. The number of hydrogen-bond donors (Lipinski definition) is 3. The summed E-state index contributed by atoms with van der Waals surface area (Å²) in [6.07, 6.45) is 0.993. The molecule has 1 unspecified atom stereocenters. The van der Waals surface area contributed by atoms with E-state index in [1.807, 2.05) is 0 Å². The molecule has 7 bridgehead atoms. The third-order valence-corrected chi connectivity index (χ3v) is 13.3. The predicted octanol–water partition coefficient (Wildman–Crippen LogP) is 2.09. The van der Waals surface area contributed by atoms with Gasteiger partial charge in [0.2, 0.25) is 5.91 Å². The van der Waals surface area contributed by atoms with E-state index >= 15 is 0 Å². The largest absolute Gasteiger partial charge is 0.461 e. The van der Waals surface area contributed by atoms with E-state index in [-0.39, 0.29) is 60.1 Å². The molecule has 1 spiro atoms. The molecule has 1 aromatic carbocycles. The molecule has 45 heavy (non-hydrogen) atoms. The standard InChI is InChI=1S/C34H48N2O9/c1-7-36-16-31(17-45-29(38)19-10-8-9-11-22(19)35-18(2)37)13-12-24(42-4)33-21-14-20-23(41-3)15-32(39,25(21)26(20)43-5)34(40,30(33)36)28(44-6)27(31)33/h8-11,20-21,23-28,30,39-40H,7,12-17H2,1-6H3,(H,35,37)/t20-,21-,23+,24+,25-,26+,27-,28+,30?,31+,32-,33+,34-/m1/s1. The van der Waals surface area contributed by atoms with Gasteiger partial charge in [-0.05, 0) is 43.9 Å². The minimum absolute atomic E-state index is 0.0387. The van der Waals surface area contributed by atoms with Gasteiger partial charge in [-0.3, -0.25) is 9.69 Å². The number of nitrogens with zero attached hydrogens (tertiary/aromatic N) is 1. The second kappa shape index (κ2) is 10.7. The number of piperidine rings is 1. The average Bonchev–Trinajstić information content (AvgIpc) is 3.45. The van der Waals surface area contributed by atoms with Crippen LogP contribution in [-0.2, 0) is 28.5 Å². The van der Waals surface area contributed by atoms with Gasteiger partial charge in [-0.2, -0.15) is 0 Å². The molecule has 6 aliphatic rings. The topological polar surface area (TPSA) is 136 Å². The van der Waals surface area contributed by atoms with Crippen LogP contribution in [0.15, 0.2) is 24.3 Å². The quantitative estimate of drug-likeness (QED) is 0.349. The van der Waals surface area contributed by atoms with Gasteiger partial charge in [0.15, 0.2) is 0 Å². The third kappa shape index (κ3) is 3.72. The molecule has 248 valence electrons. The summed E-state index contributed by atoms with van der Waals surface area (Å²) in [6, 6.07) is 6.41. The van der Waals surface area contributed by atoms with Crippen molar-refractivity contribution in [3.63, 3.8) is 0 Å². The number of benzene rings is 1. The van der Waals surface area contributed by atoms with Crippen LogP contribution in [0.1, 0.15) is 49.9 Å². The molecule has 0 radical (unpaired) electrons. The second-order valence-electron chi connectivity index (χ2n) is 14.5. The number of rotatable bonds is 9. The van der Waals surface area contributed by atoms with Crippen LogP contribution in [0.2, 0.25) is 0 Å². The first-order valence-electron chi connectivity index (χ1n) is 16.4. The van der Waals surface area contributed by atoms with Crippen LogP contribution in [-0.4, -0.2) is 117 Å². The molecular formula is C34H48N2O9. The molecular weight excluding hydrogens is 580 g/mol. The lowest BCUT2D eigenvalue weighted by atomic mass is 9.42. The van der Waals surface area contributed by atoms with E-state index in [0.717, 1.165) is 12.8 Å². The zero-order chi connectivity index (χ0) is 32.1. The Kier molecular flexibility index (Phi) is 7.48. The lowest BCUT2D eigenvalue weighted by molar-refractivity contribution is -0.320. The molecule has 5 aliphatic carbocycles. The maximum absolute atomic E-state index is 13.7. The van der Waals surface area contributed by atoms with Gasteiger partial charge in [-0.25, -0.2) is 4.79 Å². The highest BCUT2D eigenvalue weighted by atomic mass is 16.5. The number of likely N-dealkylation sites (N-methyl/N-ethyl adjacent to an activating group) is 1. The van der Waals surface area contributed by atoms with Crippen molar-refractivity contribution in [2.45, 2.75) is 81.2 Å². The normalized spacial score (nSPS) is 47.4. The van der Waals surface area contributed by atoms with E-state index in [1.165, 1.54) is 6.92 Å². The number of hydrogen-bond acceptors (Lipinski definition) is 10. The van der Waals surface area contributed by atoms with Crippen LogP contribution < -0.4 is 5.32 Å². The highest BCUT2D eigenvalue weighted by Crippen LogP contribution is 2.80. The molecule has 0 aromatic heterocycles. The number of esters is 1. The summed E-state index contributed by atoms with van der Waals surface area (Å²) in [5.41, 5.74) is -3.68. The van der Waals surface area contributed by atoms with Gasteiger partial charge < -0.3 is 39.2 Å². The number of aliphatic hydroxyl groups is 2. The van der Waals surface area contributed by atoms with Gasteiger partial charge >= 0.3 is 5.97 Å². The molecule has 1 aromatic rings. The first-order valence-corrected chi connectivity index (χ1v) is 16.4. The van der Waals surface area contributed by atoms with Crippen molar-refractivity contribution in [1.29, 1.82) is 0 Å². The second-order valence-corrected chi connectivity index (χ2v) is 14.5.